The van der Waals surface area contributed by atoms with E-state index in [4.69, 9.17) is 11.8 Å². The van der Waals surface area contributed by atoms with Gasteiger partial charge in [0, 0.05) is 14.0 Å². The second-order valence-corrected chi connectivity index (χ2v) is 47.5. The van der Waals surface area contributed by atoms with Gasteiger partial charge in [-0.3, -0.25) is 0 Å². The molecule has 13 heavy (non-hydrogen) atoms. The molecule has 0 aliphatic heterocycles. The molecule has 0 saturated heterocycles. The van der Waals surface area contributed by atoms with E-state index >= 15 is 0 Å². The van der Waals surface area contributed by atoms with Crippen molar-refractivity contribution in [3.05, 3.63) is 0 Å². The molecule has 0 heterocycles. The van der Waals surface area contributed by atoms with Crippen LogP contribution in [0.2, 0.25) is 0 Å². The van der Waals surface area contributed by atoms with Crippen LogP contribution in [0.1, 0.15) is 0 Å². The summed E-state index contributed by atoms with van der Waals surface area (Å²) in [6.45, 7) is 0.312. The van der Waals surface area contributed by atoms with Gasteiger partial charge in [-0.05, 0) is 27.9 Å². The highest BCUT2D eigenvalue weighted by atomic mass is 33.3. The summed E-state index contributed by atoms with van der Waals surface area (Å²) in [4.78, 5) is 0. The maximum atomic E-state index is 5.25. The van der Waals surface area contributed by atoms with Crippen LogP contribution in [0, 0.1) is 0 Å². The van der Waals surface area contributed by atoms with Gasteiger partial charge in [-0.25, -0.2) is 0 Å². The van der Waals surface area contributed by atoms with Crippen LogP contribution < -0.4 is 0 Å². The lowest BCUT2D eigenvalue weighted by Gasteiger charge is -2.32. The van der Waals surface area contributed by atoms with E-state index in [1.807, 2.05) is 0 Å². The van der Waals surface area contributed by atoms with Crippen LogP contribution in [-0.2, 0) is 11.8 Å². The third-order valence-electron chi connectivity index (χ3n) is 0.853. The zero-order chi connectivity index (χ0) is 10.6. The second-order valence-electron chi connectivity index (χ2n) is 1.76. The first kappa shape index (κ1) is 18.2. The highest BCUT2D eigenvalue weighted by Gasteiger charge is 2.29. The van der Waals surface area contributed by atoms with E-state index in [-0.39, 0.29) is 34.9 Å². The third kappa shape index (κ3) is 7.42. The highest BCUT2D eigenvalue weighted by molar-refractivity contribution is 9.23. The molecule has 0 aliphatic carbocycles. The van der Waals surface area contributed by atoms with E-state index in [1.165, 1.54) is 7.04 Å². The summed E-state index contributed by atoms with van der Waals surface area (Å²) >= 11 is 5.25. The van der Waals surface area contributed by atoms with E-state index in [2.05, 4.69) is 53.6 Å². The van der Waals surface area contributed by atoms with E-state index in [9.17, 15) is 0 Å². The Morgan fingerprint density at radius 3 is 1.23 bits per heavy atom. The quantitative estimate of drug-likeness (QED) is 0.431. The van der Waals surface area contributed by atoms with Gasteiger partial charge < -0.3 is 0 Å². The molecule has 0 amide bonds. The molecule has 0 bridgehead atoms. The maximum Gasteiger partial charge on any atom is 0.0266 e. The molecule has 0 fully saturated rings. The molecule has 0 aromatic rings. The molecule has 0 aromatic carbocycles. The van der Waals surface area contributed by atoms with Gasteiger partial charge in [0.15, 0.2) is 0 Å². The van der Waals surface area contributed by atoms with Crippen molar-refractivity contribution in [3.8, 4) is 0 Å². The Morgan fingerprint density at radius 1 is 0.769 bits per heavy atom. The Labute approximate surface area is 107 Å². The summed E-state index contributed by atoms with van der Waals surface area (Å²) in [6, 6.07) is 0. The van der Waals surface area contributed by atoms with Gasteiger partial charge in [-0.15, -0.1) is 53.6 Å². The van der Waals surface area contributed by atoms with Crippen molar-refractivity contribution in [2.45, 2.75) is 0 Å². The van der Waals surface area contributed by atoms with Gasteiger partial charge in [0.05, 0.1) is 0 Å². The highest BCUT2D eigenvalue weighted by Crippen LogP contribution is 3.16. The topological polar surface area (TPSA) is 0 Å². The Morgan fingerprint density at radius 2 is 1.15 bits per heavy atom. The minimum atomic E-state index is 0.0213. The van der Waals surface area contributed by atoms with Crippen molar-refractivity contribution < 1.29 is 0 Å². The van der Waals surface area contributed by atoms with Gasteiger partial charge in [0.25, 0.3) is 0 Å². The summed E-state index contributed by atoms with van der Waals surface area (Å²) in [5, 5.41) is 0. The van der Waals surface area contributed by atoms with Crippen LogP contribution in [-0.4, -0.2) is 0 Å². The van der Waals surface area contributed by atoms with E-state index < -0.39 is 0 Å². The molecule has 13 heteroatoms. The van der Waals surface area contributed by atoms with Gasteiger partial charge in [-0.1, -0.05) is 11.8 Å². The molecule has 0 N–H and O–H groups in total. The largest absolute Gasteiger partial charge is 0.102 e. The zero-order valence-electron chi connectivity index (χ0n) is 6.56. The van der Waals surface area contributed by atoms with Crippen LogP contribution in [0.3, 0.4) is 0 Å². The molecule has 0 spiro atoms. The third-order valence-corrected chi connectivity index (χ3v) is 69.1. The molecular formula is H12P12S. The van der Waals surface area contributed by atoms with Gasteiger partial charge >= 0.3 is 0 Å². The van der Waals surface area contributed by atoms with Crippen molar-refractivity contribution in [1.29, 1.82) is 0 Å². The summed E-state index contributed by atoms with van der Waals surface area (Å²) in [6.07, 6.45) is 0. The van der Waals surface area contributed by atoms with E-state index in [1.54, 1.807) is 0 Å². The van der Waals surface area contributed by atoms with E-state index in [0.29, 0.717) is 0 Å². The summed E-state index contributed by atoms with van der Waals surface area (Å²) in [7, 11) is 19.1. The van der Waals surface area contributed by atoms with Crippen molar-refractivity contribution in [3.63, 3.8) is 0 Å². The lowest BCUT2D eigenvalue weighted by Crippen LogP contribution is -1.44. The Bertz CT molecular complexity index is 139. The number of hydrogen-bond donors (Lipinski definition) is 0. The Kier molecular flexibility index (Phi) is 14.2. The minimum Gasteiger partial charge on any atom is -0.102 e. The van der Waals surface area contributed by atoms with Crippen LogP contribution in [0.5, 0.6) is 0 Å². The van der Waals surface area contributed by atoms with Gasteiger partial charge in [-0.2, -0.15) is 0 Å². The molecular weight excluding hydrogens is 404 g/mol. The minimum absolute atomic E-state index is 0.0213. The molecule has 0 nitrogen and oxygen atoms in total. The van der Waals surface area contributed by atoms with Crippen LogP contribution in [0.25, 0.3) is 0 Å². The second kappa shape index (κ2) is 10.1. The lowest BCUT2D eigenvalue weighted by atomic mass is 28.7. The molecule has 0 radical (unpaired) electrons. The summed E-state index contributed by atoms with van der Waals surface area (Å²) in [5.74, 6) is 0. The summed E-state index contributed by atoms with van der Waals surface area (Å²) in [5.41, 5.74) is 0. The fourth-order valence-electron chi connectivity index (χ4n) is 0.471. The zero-order valence-corrected chi connectivity index (χ0v) is 19.7. The first-order valence-corrected chi connectivity index (χ1v) is 24.6. The molecule has 0 aliphatic rings. The first-order chi connectivity index (χ1) is 5.91. The standard InChI is InChI=1S/H12P12S/c1-8(2)11(7-13)12(9(3)4)10(5)6/h1-6H2. The van der Waals surface area contributed by atoms with Crippen LogP contribution >= 0.6 is 95.6 Å². The predicted molar refractivity (Wildman–Crippen MR) is 107 cm³/mol. The van der Waals surface area contributed by atoms with Crippen molar-refractivity contribution in [1.82, 2.24) is 0 Å². The number of hydrogen-bond acceptors (Lipinski definition) is 1. The average molecular weight is 416 g/mol. The Hall–Kier alpha value is 5.25. The summed E-state index contributed by atoms with van der Waals surface area (Å²) < 4.78 is 0. The van der Waals surface area contributed by atoms with Crippen molar-refractivity contribution >= 4 is 107 Å². The fraction of sp³-hybridized carbons (Fsp3) is 0. The van der Waals surface area contributed by atoms with Gasteiger partial charge in [0.2, 0.25) is 0 Å². The van der Waals surface area contributed by atoms with Crippen molar-refractivity contribution in [2.24, 2.45) is 0 Å². The molecule has 7 atom stereocenters. The monoisotopic (exact) mass is 416 g/mol. The van der Waals surface area contributed by atoms with Crippen LogP contribution in [0.15, 0.2) is 0 Å². The molecule has 0 rings (SSSR count). The molecule has 7 unspecified atom stereocenters. The molecule has 0 saturated carbocycles. The normalized spacial score (nSPS) is 15.2. The van der Waals surface area contributed by atoms with E-state index in [0.717, 1.165) is 0 Å². The predicted octanol–water partition coefficient (Wildman–Crippen LogP) is 7.12. The number of rotatable bonds is 5. The fourth-order valence-corrected chi connectivity index (χ4v) is 115. The molecule has 78 valence electrons. The smallest absolute Gasteiger partial charge is 0.0266 e. The van der Waals surface area contributed by atoms with Crippen LogP contribution in [0.4, 0.5) is 0 Å². The maximum absolute atomic E-state index is 5.25. The lowest BCUT2D eigenvalue weighted by molar-refractivity contribution is 4.63. The average Bonchev–Trinajstić information content (AvgIpc) is 1.97. The first-order valence-electron chi connectivity index (χ1n) is 2.73. The molecule has 0 aromatic heterocycles. The van der Waals surface area contributed by atoms with Gasteiger partial charge in [0.1, 0.15) is 0 Å². The Balaban J connectivity index is 4.58. The van der Waals surface area contributed by atoms with Crippen molar-refractivity contribution in [2.75, 3.05) is 0 Å². The SMILES string of the molecule is PP(P)P(P=S)P(P(P)P)P(P)P.